The molecule has 0 unspecified atom stereocenters. The van der Waals surface area contributed by atoms with Crippen molar-refractivity contribution in [1.29, 1.82) is 0 Å². The summed E-state index contributed by atoms with van der Waals surface area (Å²) < 4.78 is 0. The van der Waals surface area contributed by atoms with E-state index < -0.39 is 0 Å². The first-order valence-electron chi connectivity index (χ1n) is 8.19. The molecule has 0 bridgehead atoms. The van der Waals surface area contributed by atoms with E-state index in [1.807, 2.05) is 11.0 Å². The van der Waals surface area contributed by atoms with Gasteiger partial charge in [0.15, 0.2) is 0 Å². The van der Waals surface area contributed by atoms with Crippen LogP contribution in [0.4, 0.5) is 0 Å². The predicted octanol–water partition coefficient (Wildman–Crippen LogP) is 3.88. The Hall–Kier alpha value is -2.29. The molecule has 120 valence electrons. The average Bonchev–Trinajstić information content (AvgIpc) is 2.97. The average molecular weight is 309 g/mol. The van der Waals surface area contributed by atoms with Crippen molar-refractivity contribution in [2.45, 2.75) is 26.2 Å². The number of hydrogen-bond donors (Lipinski definition) is 1. The van der Waals surface area contributed by atoms with Crippen LogP contribution in [0.25, 0.3) is 0 Å². The molecule has 2 aromatic carbocycles. The van der Waals surface area contributed by atoms with Crippen LogP contribution in [-0.2, 0) is 6.42 Å². The van der Waals surface area contributed by atoms with E-state index in [9.17, 15) is 9.90 Å². The van der Waals surface area contributed by atoms with Gasteiger partial charge in [0.25, 0.3) is 5.91 Å². The first-order chi connectivity index (χ1) is 11.1. The van der Waals surface area contributed by atoms with Crippen LogP contribution in [0.15, 0.2) is 54.6 Å². The Bertz CT molecular complexity index is 683. The Balaban J connectivity index is 1.63. The molecule has 3 nitrogen and oxygen atoms in total. The van der Waals surface area contributed by atoms with Crippen molar-refractivity contribution < 1.29 is 9.90 Å². The maximum atomic E-state index is 12.6. The van der Waals surface area contributed by atoms with E-state index in [-0.39, 0.29) is 17.1 Å². The van der Waals surface area contributed by atoms with Gasteiger partial charge >= 0.3 is 0 Å². The Labute approximate surface area is 137 Å². The van der Waals surface area contributed by atoms with E-state index >= 15 is 0 Å². The normalized spacial score (nSPS) is 20.7. The van der Waals surface area contributed by atoms with Gasteiger partial charge in [0.1, 0.15) is 5.75 Å². The largest absolute Gasteiger partial charge is 0.507 e. The van der Waals surface area contributed by atoms with Gasteiger partial charge in [0.05, 0.1) is 5.56 Å². The summed E-state index contributed by atoms with van der Waals surface area (Å²) in [6, 6.07) is 17.3. The van der Waals surface area contributed by atoms with Crippen molar-refractivity contribution in [2.24, 2.45) is 5.41 Å². The number of phenolic OH excluding ortho intramolecular Hbond substituents is 1. The predicted molar refractivity (Wildman–Crippen MR) is 91.5 cm³/mol. The number of amides is 1. The smallest absolute Gasteiger partial charge is 0.257 e. The Morgan fingerprint density at radius 3 is 2.57 bits per heavy atom. The molecule has 2 aromatic rings. The van der Waals surface area contributed by atoms with E-state index in [1.165, 1.54) is 5.56 Å². The van der Waals surface area contributed by atoms with Crippen LogP contribution in [0, 0.1) is 5.41 Å². The lowest BCUT2D eigenvalue weighted by molar-refractivity contribution is 0.0770. The first-order valence-corrected chi connectivity index (χ1v) is 8.19. The van der Waals surface area contributed by atoms with E-state index in [4.69, 9.17) is 0 Å². The highest BCUT2D eigenvalue weighted by atomic mass is 16.3. The summed E-state index contributed by atoms with van der Waals surface area (Å²) in [5.41, 5.74) is 1.90. The van der Waals surface area contributed by atoms with E-state index in [0.29, 0.717) is 5.56 Å². The zero-order chi connectivity index (χ0) is 16.3. The summed E-state index contributed by atoms with van der Waals surface area (Å²) in [6.07, 6.45) is 3.12. The minimum atomic E-state index is -0.0634. The van der Waals surface area contributed by atoms with Crippen molar-refractivity contribution in [3.05, 3.63) is 65.7 Å². The lowest BCUT2D eigenvalue weighted by Crippen LogP contribution is -2.31. The highest BCUT2D eigenvalue weighted by molar-refractivity contribution is 5.97. The van der Waals surface area contributed by atoms with Crippen LogP contribution < -0.4 is 0 Å². The molecule has 0 aromatic heterocycles. The van der Waals surface area contributed by atoms with Gasteiger partial charge in [-0.15, -0.1) is 0 Å². The number of nitrogens with zero attached hydrogens (tertiary/aromatic N) is 1. The molecule has 1 fully saturated rings. The zero-order valence-corrected chi connectivity index (χ0v) is 13.5. The zero-order valence-electron chi connectivity index (χ0n) is 13.5. The SMILES string of the molecule is C[C@]1(CCc2ccccc2)CCN(C(=O)c2ccccc2O)C1. The first kappa shape index (κ1) is 15.6. The molecule has 0 saturated carbocycles. The molecule has 1 heterocycles. The van der Waals surface area contributed by atoms with Gasteiger partial charge in [-0.2, -0.15) is 0 Å². The molecule has 1 aliphatic rings. The number of likely N-dealkylation sites (tertiary alicyclic amines) is 1. The third-order valence-electron chi connectivity index (χ3n) is 4.84. The summed E-state index contributed by atoms with van der Waals surface area (Å²) >= 11 is 0. The molecule has 1 saturated heterocycles. The number of carbonyl (C=O) groups is 1. The number of aryl methyl sites for hydroxylation is 1. The fraction of sp³-hybridized carbons (Fsp3) is 0.350. The molecule has 3 rings (SSSR count). The molecule has 1 N–H and O–H groups in total. The molecular weight excluding hydrogens is 286 g/mol. The van der Waals surface area contributed by atoms with E-state index in [1.54, 1.807) is 24.3 Å². The number of rotatable bonds is 4. The van der Waals surface area contributed by atoms with Crippen LogP contribution in [-0.4, -0.2) is 29.0 Å². The Morgan fingerprint density at radius 2 is 1.83 bits per heavy atom. The van der Waals surface area contributed by atoms with Crippen molar-refractivity contribution in [2.75, 3.05) is 13.1 Å². The molecule has 1 atom stereocenters. The second-order valence-electron chi connectivity index (χ2n) is 6.79. The molecule has 0 aliphatic carbocycles. The van der Waals surface area contributed by atoms with Crippen LogP contribution in [0.5, 0.6) is 5.75 Å². The minimum absolute atomic E-state index is 0.0634. The van der Waals surface area contributed by atoms with Crippen LogP contribution in [0.2, 0.25) is 0 Å². The molecule has 1 amide bonds. The van der Waals surface area contributed by atoms with Gasteiger partial charge in [-0.25, -0.2) is 0 Å². The summed E-state index contributed by atoms with van der Waals surface area (Å²) in [6.45, 7) is 3.78. The third kappa shape index (κ3) is 3.55. The minimum Gasteiger partial charge on any atom is -0.507 e. The number of hydrogen-bond acceptors (Lipinski definition) is 2. The van der Waals surface area contributed by atoms with Crippen molar-refractivity contribution in [3.63, 3.8) is 0 Å². The van der Waals surface area contributed by atoms with Gasteiger partial charge in [-0.3, -0.25) is 4.79 Å². The molecule has 0 spiro atoms. The van der Waals surface area contributed by atoms with Crippen molar-refractivity contribution in [3.8, 4) is 5.75 Å². The van der Waals surface area contributed by atoms with Gasteiger partial charge < -0.3 is 10.0 Å². The topological polar surface area (TPSA) is 40.5 Å². The van der Waals surface area contributed by atoms with E-state index in [2.05, 4.69) is 31.2 Å². The quantitative estimate of drug-likeness (QED) is 0.931. The molecule has 3 heteroatoms. The maximum absolute atomic E-state index is 12.6. The second-order valence-corrected chi connectivity index (χ2v) is 6.79. The molecule has 0 radical (unpaired) electrons. The Morgan fingerprint density at radius 1 is 1.13 bits per heavy atom. The fourth-order valence-electron chi connectivity index (χ4n) is 3.32. The molecule has 23 heavy (non-hydrogen) atoms. The summed E-state index contributed by atoms with van der Waals surface area (Å²) in [4.78, 5) is 14.5. The fourth-order valence-corrected chi connectivity index (χ4v) is 3.32. The van der Waals surface area contributed by atoms with Crippen LogP contribution in [0.1, 0.15) is 35.7 Å². The lowest BCUT2D eigenvalue weighted by atomic mass is 9.83. The third-order valence-corrected chi connectivity index (χ3v) is 4.84. The number of phenols is 1. The highest BCUT2D eigenvalue weighted by Crippen LogP contribution is 2.35. The standard InChI is InChI=1S/C20H23NO2/c1-20(12-11-16-7-3-2-4-8-16)13-14-21(15-20)19(23)17-9-5-6-10-18(17)22/h2-10,22H,11-15H2,1H3/t20-/m0/s1. The summed E-state index contributed by atoms with van der Waals surface area (Å²) in [5.74, 6) is 0.00178. The van der Waals surface area contributed by atoms with Crippen molar-refractivity contribution in [1.82, 2.24) is 4.90 Å². The highest BCUT2D eigenvalue weighted by Gasteiger charge is 2.36. The summed E-state index contributed by atoms with van der Waals surface area (Å²) in [5, 5.41) is 9.88. The molecular formula is C20H23NO2. The lowest BCUT2D eigenvalue weighted by Gasteiger charge is -2.25. The Kier molecular flexibility index (Phi) is 4.37. The van der Waals surface area contributed by atoms with Gasteiger partial charge in [-0.1, -0.05) is 49.4 Å². The number of benzene rings is 2. The number of aromatic hydroxyl groups is 1. The second kappa shape index (κ2) is 6.45. The van der Waals surface area contributed by atoms with Crippen LogP contribution in [0.3, 0.4) is 0 Å². The summed E-state index contributed by atoms with van der Waals surface area (Å²) in [7, 11) is 0. The van der Waals surface area contributed by atoms with Gasteiger partial charge in [0.2, 0.25) is 0 Å². The monoisotopic (exact) mass is 309 g/mol. The van der Waals surface area contributed by atoms with Crippen molar-refractivity contribution >= 4 is 5.91 Å². The van der Waals surface area contributed by atoms with Gasteiger partial charge in [0, 0.05) is 13.1 Å². The number of carbonyl (C=O) groups excluding carboxylic acids is 1. The molecule has 1 aliphatic heterocycles. The van der Waals surface area contributed by atoms with Crippen LogP contribution >= 0.6 is 0 Å². The maximum Gasteiger partial charge on any atom is 0.257 e. The van der Waals surface area contributed by atoms with Gasteiger partial charge in [-0.05, 0) is 42.4 Å². The number of para-hydroxylation sites is 1. The van der Waals surface area contributed by atoms with E-state index in [0.717, 1.165) is 32.4 Å².